The van der Waals surface area contributed by atoms with Gasteiger partial charge in [-0.2, -0.15) is 0 Å². The lowest BCUT2D eigenvalue weighted by molar-refractivity contribution is -0.121. The number of amides is 1. The first-order valence-electron chi connectivity index (χ1n) is 8.61. The summed E-state index contributed by atoms with van der Waals surface area (Å²) in [6.45, 7) is 0.751. The predicted molar refractivity (Wildman–Crippen MR) is 97.9 cm³/mol. The van der Waals surface area contributed by atoms with E-state index in [-0.39, 0.29) is 23.8 Å². The van der Waals surface area contributed by atoms with Crippen LogP contribution in [0.15, 0.2) is 53.3 Å². The molecule has 7 nitrogen and oxygen atoms in total. The molecule has 0 aliphatic carbocycles. The number of ether oxygens (including phenoxy) is 1. The molecule has 0 atom stereocenters. The Kier molecular flexibility index (Phi) is 6.09. The van der Waals surface area contributed by atoms with Crippen LogP contribution in [0.5, 0.6) is 5.75 Å². The van der Waals surface area contributed by atoms with Crippen molar-refractivity contribution in [3.8, 4) is 5.75 Å². The fraction of sp³-hybridized carbons (Fsp3) is 0.263. The molecule has 0 spiro atoms. The Morgan fingerprint density at radius 1 is 1.11 bits per heavy atom. The number of carbonyl (C=O) groups excluding carboxylic acids is 1. The first-order chi connectivity index (χ1) is 13.1. The summed E-state index contributed by atoms with van der Waals surface area (Å²) in [6.07, 6.45) is 1.44. The SMILES string of the molecule is O=C(Cn1nnc2ccccc2c1=O)NCCCCOc1ccc(F)cc1. The number of unbranched alkanes of at least 4 members (excludes halogenated alkanes) is 1. The van der Waals surface area contributed by atoms with Crippen LogP contribution in [0.2, 0.25) is 0 Å². The number of aromatic nitrogens is 3. The van der Waals surface area contributed by atoms with Gasteiger partial charge in [-0.25, -0.2) is 9.07 Å². The van der Waals surface area contributed by atoms with Gasteiger partial charge in [0.25, 0.3) is 5.56 Å². The van der Waals surface area contributed by atoms with Gasteiger partial charge in [0.15, 0.2) is 0 Å². The van der Waals surface area contributed by atoms with E-state index in [0.717, 1.165) is 11.1 Å². The maximum absolute atomic E-state index is 12.8. The second-order valence-corrected chi connectivity index (χ2v) is 5.93. The molecule has 0 bridgehead atoms. The zero-order chi connectivity index (χ0) is 19.1. The molecule has 0 radical (unpaired) electrons. The van der Waals surface area contributed by atoms with E-state index in [0.29, 0.717) is 36.2 Å². The van der Waals surface area contributed by atoms with Crippen molar-refractivity contribution in [2.45, 2.75) is 19.4 Å². The third-order valence-electron chi connectivity index (χ3n) is 3.90. The van der Waals surface area contributed by atoms with Gasteiger partial charge in [0.2, 0.25) is 5.91 Å². The van der Waals surface area contributed by atoms with Crippen molar-refractivity contribution in [3.63, 3.8) is 0 Å². The average Bonchev–Trinajstić information content (AvgIpc) is 2.68. The average molecular weight is 370 g/mol. The topological polar surface area (TPSA) is 86.1 Å². The second-order valence-electron chi connectivity index (χ2n) is 5.93. The van der Waals surface area contributed by atoms with Crippen molar-refractivity contribution in [1.82, 2.24) is 20.3 Å². The summed E-state index contributed by atoms with van der Waals surface area (Å²) < 4.78 is 19.3. The van der Waals surface area contributed by atoms with E-state index >= 15 is 0 Å². The molecular weight excluding hydrogens is 351 g/mol. The van der Waals surface area contributed by atoms with Crippen molar-refractivity contribution in [1.29, 1.82) is 0 Å². The number of nitrogens with one attached hydrogen (secondary N) is 1. The van der Waals surface area contributed by atoms with E-state index in [2.05, 4.69) is 15.6 Å². The third-order valence-corrected chi connectivity index (χ3v) is 3.90. The van der Waals surface area contributed by atoms with Gasteiger partial charge in [-0.1, -0.05) is 17.3 Å². The highest BCUT2D eigenvalue weighted by Crippen LogP contribution is 2.11. The van der Waals surface area contributed by atoms with Gasteiger partial charge < -0.3 is 10.1 Å². The highest BCUT2D eigenvalue weighted by atomic mass is 19.1. The van der Waals surface area contributed by atoms with Gasteiger partial charge in [-0.05, 0) is 49.2 Å². The van der Waals surface area contributed by atoms with Crippen LogP contribution in [0.3, 0.4) is 0 Å². The number of halogens is 1. The normalized spacial score (nSPS) is 10.7. The van der Waals surface area contributed by atoms with Gasteiger partial charge in [-0.3, -0.25) is 9.59 Å². The minimum Gasteiger partial charge on any atom is -0.494 e. The summed E-state index contributed by atoms with van der Waals surface area (Å²) in [7, 11) is 0. The lowest BCUT2D eigenvalue weighted by atomic mass is 10.2. The molecule has 0 aliphatic heterocycles. The molecule has 0 saturated carbocycles. The number of fused-ring (bicyclic) bond motifs is 1. The fourth-order valence-electron chi connectivity index (χ4n) is 2.49. The molecule has 1 amide bonds. The molecule has 0 saturated heterocycles. The minimum absolute atomic E-state index is 0.178. The summed E-state index contributed by atoms with van der Waals surface area (Å²) >= 11 is 0. The van der Waals surface area contributed by atoms with E-state index < -0.39 is 0 Å². The number of carbonyl (C=O) groups is 1. The molecule has 1 heterocycles. The molecule has 2 aromatic carbocycles. The first-order valence-corrected chi connectivity index (χ1v) is 8.61. The Morgan fingerprint density at radius 3 is 2.70 bits per heavy atom. The van der Waals surface area contributed by atoms with Crippen molar-refractivity contribution in [2.75, 3.05) is 13.2 Å². The van der Waals surface area contributed by atoms with Crippen LogP contribution < -0.4 is 15.6 Å². The fourth-order valence-corrected chi connectivity index (χ4v) is 2.49. The quantitative estimate of drug-likeness (QED) is 0.612. The van der Waals surface area contributed by atoms with Crippen LogP contribution in [0.25, 0.3) is 10.9 Å². The van der Waals surface area contributed by atoms with Crippen LogP contribution >= 0.6 is 0 Å². The molecule has 0 aliphatic rings. The van der Waals surface area contributed by atoms with E-state index in [4.69, 9.17) is 4.74 Å². The summed E-state index contributed by atoms with van der Waals surface area (Å²) in [4.78, 5) is 24.3. The largest absolute Gasteiger partial charge is 0.494 e. The molecule has 8 heteroatoms. The number of hydrogen-bond donors (Lipinski definition) is 1. The Balaban J connectivity index is 1.39. The van der Waals surface area contributed by atoms with Crippen molar-refractivity contribution in [2.24, 2.45) is 0 Å². The molecule has 1 N–H and O–H groups in total. The van der Waals surface area contributed by atoms with Gasteiger partial charge in [0.05, 0.1) is 12.0 Å². The smallest absolute Gasteiger partial charge is 0.278 e. The minimum atomic E-state index is -0.344. The van der Waals surface area contributed by atoms with E-state index in [1.165, 1.54) is 12.1 Å². The second kappa shape index (κ2) is 8.88. The van der Waals surface area contributed by atoms with Gasteiger partial charge in [-0.15, -0.1) is 5.10 Å². The van der Waals surface area contributed by atoms with Crippen LogP contribution in [-0.2, 0) is 11.3 Å². The van der Waals surface area contributed by atoms with Crippen LogP contribution in [0.1, 0.15) is 12.8 Å². The Bertz CT molecular complexity index is 973. The summed E-state index contributed by atoms with van der Waals surface area (Å²) in [6, 6.07) is 12.7. The van der Waals surface area contributed by atoms with Crippen molar-refractivity contribution in [3.05, 3.63) is 64.7 Å². The molecule has 1 aromatic heterocycles. The molecule has 3 aromatic rings. The summed E-state index contributed by atoms with van der Waals surface area (Å²) in [5.74, 6) is -0.00362. The van der Waals surface area contributed by atoms with Crippen LogP contribution in [0, 0.1) is 5.82 Å². The number of nitrogens with zero attached hydrogens (tertiary/aromatic N) is 3. The lowest BCUT2D eigenvalue weighted by Crippen LogP contribution is -2.34. The lowest BCUT2D eigenvalue weighted by Gasteiger charge is -2.08. The third kappa shape index (κ3) is 5.10. The highest BCUT2D eigenvalue weighted by molar-refractivity contribution is 5.78. The maximum atomic E-state index is 12.8. The van der Waals surface area contributed by atoms with E-state index in [9.17, 15) is 14.0 Å². The van der Waals surface area contributed by atoms with Crippen LogP contribution in [-0.4, -0.2) is 34.1 Å². The highest BCUT2D eigenvalue weighted by Gasteiger charge is 2.08. The maximum Gasteiger partial charge on any atom is 0.278 e. The van der Waals surface area contributed by atoms with Crippen molar-refractivity contribution >= 4 is 16.8 Å². The Morgan fingerprint density at radius 2 is 1.89 bits per heavy atom. The van der Waals surface area contributed by atoms with E-state index in [1.54, 1.807) is 36.4 Å². The molecular formula is C19H19FN4O3. The van der Waals surface area contributed by atoms with Gasteiger partial charge in [0, 0.05) is 6.54 Å². The van der Waals surface area contributed by atoms with Crippen molar-refractivity contribution < 1.29 is 13.9 Å². The molecule has 27 heavy (non-hydrogen) atoms. The van der Waals surface area contributed by atoms with Gasteiger partial charge in [0.1, 0.15) is 23.6 Å². The number of rotatable bonds is 8. The van der Waals surface area contributed by atoms with Crippen LogP contribution in [0.4, 0.5) is 4.39 Å². The Hall–Kier alpha value is -3.29. The molecule has 0 unspecified atom stereocenters. The molecule has 140 valence electrons. The molecule has 0 fully saturated rings. The summed E-state index contributed by atoms with van der Waals surface area (Å²) in [5.41, 5.74) is 0.156. The zero-order valence-electron chi connectivity index (χ0n) is 14.6. The zero-order valence-corrected chi connectivity index (χ0v) is 14.6. The predicted octanol–water partition coefficient (Wildman–Crippen LogP) is 1.91. The number of benzene rings is 2. The Labute approximate surface area is 154 Å². The summed E-state index contributed by atoms with van der Waals surface area (Å²) in [5, 5.41) is 10.9. The number of hydrogen-bond acceptors (Lipinski definition) is 5. The first kappa shape index (κ1) is 18.5. The van der Waals surface area contributed by atoms with E-state index in [1.807, 2.05) is 0 Å². The monoisotopic (exact) mass is 370 g/mol. The standard InChI is InChI=1S/C19H19FN4O3/c20-14-7-9-15(10-8-14)27-12-4-3-11-21-18(25)13-24-19(26)16-5-1-2-6-17(16)22-23-24/h1-2,5-10H,3-4,11-13H2,(H,21,25). The molecule has 3 rings (SSSR count). The van der Waals surface area contributed by atoms with Gasteiger partial charge >= 0.3 is 0 Å².